The number of rotatable bonds is 2. The number of halogens is 1. The van der Waals surface area contributed by atoms with Crippen LogP contribution in [0.2, 0.25) is 0 Å². The molecule has 2 rings (SSSR count). The van der Waals surface area contributed by atoms with E-state index in [4.69, 9.17) is 0 Å². The van der Waals surface area contributed by atoms with Crippen molar-refractivity contribution in [2.45, 2.75) is 32.0 Å². The van der Waals surface area contributed by atoms with Crippen molar-refractivity contribution in [3.05, 3.63) is 41.1 Å². The van der Waals surface area contributed by atoms with Crippen LogP contribution in [0.5, 0.6) is 0 Å². The number of fused-ring (bicyclic) bond motifs is 1. The minimum Gasteiger partial charge on any atom is -0.253 e. The molecule has 0 aliphatic heterocycles. The van der Waals surface area contributed by atoms with Gasteiger partial charge in [0.1, 0.15) is 0 Å². The van der Waals surface area contributed by atoms with E-state index in [2.05, 4.69) is 59.0 Å². The van der Waals surface area contributed by atoms with Crippen molar-refractivity contribution in [2.24, 2.45) is 0 Å². The molecule has 0 radical (unpaired) electrons. The van der Waals surface area contributed by atoms with E-state index in [1.165, 1.54) is 16.5 Å². The first-order chi connectivity index (χ1) is 7.61. The molecular formula is C14H16BrN. The molecule has 1 heterocycles. The van der Waals surface area contributed by atoms with Crippen molar-refractivity contribution in [1.29, 1.82) is 0 Å². The molecule has 0 unspecified atom stereocenters. The van der Waals surface area contributed by atoms with Gasteiger partial charge in [-0.3, -0.25) is 4.98 Å². The van der Waals surface area contributed by atoms with Gasteiger partial charge in [0.2, 0.25) is 0 Å². The Kier molecular flexibility index (Phi) is 3.29. The van der Waals surface area contributed by atoms with E-state index in [-0.39, 0.29) is 0 Å². The van der Waals surface area contributed by atoms with E-state index in [0.717, 1.165) is 16.5 Å². The number of benzene rings is 1. The molecule has 1 nitrogen and oxygen atoms in total. The van der Waals surface area contributed by atoms with Gasteiger partial charge in [0.15, 0.2) is 0 Å². The third-order valence-electron chi connectivity index (χ3n) is 2.86. The number of hydrogen-bond acceptors (Lipinski definition) is 1. The van der Waals surface area contributed by atoms with Crippen LogP contribution in [-0.4, -0.2) is 4.98 Å². The third kappa shape index (κ3) is 2.12. The predicted octanol–water partition coefficient (Wildman–Crippen LogP) is 4.56. The summed E-state index contributed by atoms with van der Waals surface area (Å²) in [6, 6.07) is 8.73. The highest BCUT2D eigenvalue weighted by atomic mass is 79.9. The minimum absolute atomic E-state index is 0.564. The lowest BCUT2D eigenvalue weighted by Crippen LogP contribution is -1.93. The van der Waals surface area contributed by atoms with Crippen LogP contribution in [0.15, 0.2) is 24.3 Å². The molecule has 0 spiro atoms. The average molecular weight is 278 g/mol. The second kappa shape index (κ2) is 4.54. The highest BCUT2D eigenvalue weighted by Gasteiger charge is 2.06. The maximum atomic E-state index is 4.56. The highest BCUT2D eigenvalue weighted by Crippen LogP contribution is 2.25. The number of hydrogen-bond donors (Lipinski definition) is 0. The molecule has 2 heteroatoms. The molecular weight excluding hydrogens is 262 g/mol. The summed E-state index contributed by atoms with van der Waals surface area (Å²) in [5.74, 6) is 0.564. The third-order valence-corrected chi connectivity index (χ3v) is 3.46. The maximum absolute atomic E-state index is 4.56. The lowest BCUT2D eigenvalue weighted by Gasteiger charge is -2.10. The van der Waals surface area contributed by atoms with Crippen LogP contribution in [0, 0.1) is 6.92 Å². The smallest absolute Gasteiger partial charge is 0.0708 e. The summed E-state index contributed by atoms with van der Waals surface area (Å²) in [5, 5.41) is 2.16. The first-order valence-corrected chi connectivity index (χ1v) is 6.70. The molecule has 0 saturated carbocycles. The fourth-order valence-corrected chi connectivity index (χ4v) is 2.39. The predicted molar refractivity (Wildman–Crippen MR) is 73.2 cm³/mol. The van der Waals surface area contributed by atoms with Gasteiger partial charge in [-0.2, -0.15) is 0 Å². The summed E-state index contributed by atoms with van der Waals surface area (Å²) in [4.78, 5) is 4.56. The summed E-state index contributed by atoms with van der Waals surface area (Å²) in [5.41, 5.74) is 4.88. The van der Waals surface area contributed by atoms with Gasteiger partial charge in [0.25, 0.3) is 0 Å². The monoisotopic (exact) mass is 277 g/mol. The van der Waals surface area contributed by atoms with Gasteiger partial charge in [-0.1, -0.05) is 35.8 Å². The SMILES string of the molecule is Cc1cc(CBr)c2cc(C(C)C)ccc2n1. The molecule has 0 fully saturated rings. The van der Waals surface area contributed by atoms with Crippen LogP contribution < -0.4 is 0 Å². The molecule has 0 atom stereocenters. The number of aromatic nitrogens is 1. The van der Waals surface area contributed by atoms with Gasteiger partial charge in [-0.05, 0) is 42.2 Å². The molecule has 16 heavy (non-hydrogen) atoms. The van der Waals surface area contributed by atoms with Gasteiger partial charge < -0.3 is 0 Å². The Labute approximate surface area is 105 Å². The van der Waals surface area contributed by atoms with E-state index >= 15 is 0 Å². The lowest BCUT2D eigenvalue weighted by atomic mass is 9.99. The Bertz CT molecular complexity index is 517. The van der Waals surface area contributed by atoms with Crippen LogP contribution >= 0.6 is 15.9 Å². The van der Waals surface area contributed by atoms with Crippen molar-refractivity contribution in [2.75, 3.05) is 0 Å². The summed E-state index contributed by atoms with van der Waals surface area (Å²) in [7, 11) is 0. The quantitative estimate of drug-likeness (QED) is 0.734. The molecule has 1 aromatic heterocycles. The number of nitrogens with zero attached hydrogens (tertiary/aromatic N) is 1. The summed E-state index contributed by atoms with van der Waals surface area (Å²) in [6.45, 7) is 6.48. The Morgan fingerprint density at radius 1 is 1.25 bits per heavy atom. The van der Waals surface area contributed by atoms with Gasteiger partial charge >= 0.3 is 0 Å². The lowest BCUT2D eigenvalue weighted by molar-refractivity contribution is 0.868. The summed E-state index contributed by atoms with van der Waals surface area (Å²) >= 11 is 3.55. The van der Waals surface area contributed by atoms with Crippen molar-refractivity contribution in [3.8, 4) is 0 Å². The maximum Gasteiger partial charge on any atom is 0.0708 e. The normalized spacial score (nSPS) is 11.3. The Hall–Kier alpha value is -0.890. The molecule has 0 bridgehead atoms. The molecule has 0 N–H and O–H groups in total. The van der Waals surface area contributed by atoms with Crippen molar-refractivity contribution < 1.29 is 0 Å². The fraction of sp³-hybridized carbons (Fsp3) is 0.357. The molecule has 0 saturated heterocycles. The molecule has 0 amide bonds. The first kappa shape index (κ1) is 11.6. The van der Waals surface area contributed by atoms with E-state index in [1.807, 2.05) is 6.92 Å². The number of aryl methyl sites for hydroxylation is 1. The Balaban J connectivity index is 2.71. The highest BCUT2D eigenvalue weighted by molar-refractivity contribution is 9.08. The largest absolute Gasteiger partial charge is 0.253 e. The molecule has 0 aliphatic carbocycles. The van der Waals surface area contributed by atoms with E-state index in [1.54, 1.807) is 0 Å². The zero-order chi connectivity index (χ0) is 11.7. The summed E-state index contributed by atoms with van der Waals surface area (Å²) < 4.78 is 0. The van der Waals surface area contributed by atoms with Gasteiger partial charge in [0, 0.05) is 16.4 Å². The summed E-state index contributed by atoms with van der Waals surface area (Å²) in [6.07, 6.45) is 0. The van der Waals surface area contributed by atoms with Crippen LogP contribution in [0.25, 0.3) is 10.9 Å². The van der Waals surface area contributed by atoms with Crippen LogP contribution in [0.3, 0.4) is 0 Å². The van der Waals surface area contributed by atoms with Gasteiger partial charge in [-0.25, -0.2) is 0 Å². The van der Waals surface area contributed by atoms with Crippen LogP contribution in [0.4, 0.5) is 0 Å². The number of alkyl halides is 1. The fourth-order valence-electron chi connectivity index (χ4n) is 1.93. The molecule has 0 aliphatic rings. The standard InChI is InChI=1S/C14H16BrN/c1-9(2)11-4-5-14-13(7-11)12(8-15)6-10(3)16-14/h4-7,9H,8H2,1-3H3. The van der Waals surface area contributed by atoms with E-state index in [0.29, 0.717) is 5.92 Å². The Morgan fingerprint density at radius 2 is 2.00 bits per heavy atom. The first-order valence-electron chi connectivity index (χ1n) is 5.58. The van der Waals surface area contributed by atoms with E-state index < -0.39 is 0 Å². The average Bonchev–Trinajstić information content (AvgIpc) is 2.27. The second-order valence-electron chi connectivity index (χ2n) is 4.49. The molecule has 84 valence electrons. The topological polar surface area (TPSA) is 12.9 Å². The van der Waals surface area contributed by atoms with Crippen molar-refractivity contribution in [1.82, 2.24) is 4.98 Å². The van der Waals surface area contributed by atoms with E-state index in [9.17, 15) is 0 Å². The van der Waals surface area contributed by atoms with Crippen molar-refractivity contribution >= 4 is 26.8 Å². The minimum atomic E-state index is 0.564. The van der Waals surface area contributed by atoms with Crippen molar-refractivity contribution in [3.63, 3.8) is 0 Å². The van der Waals surface area contributed by atoms with Gasteiger partial charge in [0.05, 0.1) is 5.52 Å². The molecule has 1 aromatic carbocycles. The second-order valence-corrected chi connectivity index (χ2v) is 5.05. The van der Waals surface area contributed by atoms with Crippen LogP contribution in [0.1, 0.15) is 36.6 Å². The van der Waals surface area contributed by atoms with Crippen LogP contribution in [-0.2, 0) is 5.33 Å². The number of pyridine rings is 1. The van der Waals surface area contributed by atoms with Gasteiger partial charge in [-0.15, -0.1) is 0 Å². The Morgan fingerprint density at radius 3 is 2.62 bits per heavy atom. The zero-order valence-corrected chi connectivity index (χ0v) is 11.5. The molecule has 2 aromatic rings. The zero-order valence-electron chi connectivity index (χ0n) is 9.92.